The van der Waals surface area contributed by atoms with Crippen LogP contribution in [0.15, 0.2) is 18.2 Å². The number of carbonyl (C=O) groups excluding carboxylic acids is 1. The van der Waals surface area contributed by atoms with E-state index < -0.39 is 0 Å². The molecule has 0 spiro atoms. The van der Waals surface area contributed by atoms with Gasteiger partial charge in [-0.15, -0.1) is 0 Å². The van der Waals surface area contributed by atoms with Gasteiger partial charge < -0.3 is 15.0 Å². The van der Waals surface area contributed by atoms with Crippen molar-refractivity contribution >= 4 is 29.1 Å². The Morgan fingerprint density at radius 1 is 1.27 bits per heavy atom. The lowest BCUT2D eigenvalue weighted by Crippen LogP contribution is -2.28. The maximum Gasteiger partial charge on any atom is 0.272 e. The van der Waals surface area contributed by atoms with Crippen molar-refractivity contribution in [3.05, 3.63) is 40.2 Å². The van der Waals surface area contributed by atoms with Crippen LogP contribution in [0.3, 0.4) is 0 Å². The normalized spacial score (nSPS) is 10.5. The minimum absolute atomic E-state index is 0.119. The summed E-state index contributed by atoms with van der Waals surface area (Å²) < 4.78 is 5.37. The number of hydrogen-bond donors (Lipinski definition) is 1. The molecule has 1 aromatic carbocycles. The standard InChI is InChI=1S/C19H25ClN4O2/c1-6-7-8-24(4)18(25)16-10-13(3)21-19(23-16)22-15-9-12(2)14(20)11-17(15)26-5/h9-11H,6-8H2,1-5H3,(H,21,22,23). The summed E-state index contributed by atoms with van der Waals surface area (Å²) >= 11 is 6.15. The van der Waals surface area contributed by atoms with Crippen molar-refractivity contribution in [3.63, 3.8) is 0 Å². The van der Waals surface area contributed by atoms with E-state index in [2.05, 4.69) is 22.2 Å². The zero-order chi connectivity index (χ0) is 19.3. The van der Waals surface area contributed by atoms with Crippen LogP contribution in [0.5, 0.6) is 5.75 Å². The molecule has 0 fully saturated rings. The number of amides is 1. The molecule has 1 N–H and O–H groups in total. The maximum atomic E-state index is 12.6. The van der Waals surface area contributed by atoms with Crippen LogP contribution in [0.25, 0.3) is 0 Å². The van der Waals surface area contributed by atoms with Gasteiger partial charge in [0.25, 0.3) is 5.91 Å². The lowest BCUT2D eigenvalue weighted by atomic mass is 10.2. The zero-order valence-corrected chi connectivity index (χ0v) is 16.6. The first kappa shape index (κ1) is 20.0. The number of nitrogens with one attached hydrogen (secondary N) is 1. The molecular weight excluding hydrogens is 352 g/mol. The van der Waals surface area contributed by atoms with E-state index in [1.807, 2.05) is 19.9 Å². The summed E-state index contributed by atoms with van der Waals surface area (Å²) in [4.78, 5) is 23.0. The van der Waals surface area contributed by atoms with Crippen molar-refractivity contribution in [2.24, 2.45) is 0 Å². The van der Waals surface area contributed by atoms with Crippen LogP contribution in [-0.4, -0.2) is 41.5 Å². The zero-order valence-electron chi connectivity index (χ0n) is 15.9. The van der Waals surface area contributed by atoms with Crippen molar-refractivity contribution in [1.29, 1.82) is 0 Å². The summed E-state index contributed by atoms with van der Waals surface area (Å²) in [6.45, 7) is 6.53. The average molecular weight is 377 g/mol. The van der Waals surface area contributed by atoms with Gasteiger partial charge >= 0.3 is 0 Å². The Hall–Kier alpha value is -2.34. The minimum Gasteiger partial charge on any atom is -0.495 e. The molecule has 1 amide bonds. The number of aryl methyl sites for hydroxylation is 2. The molecule has 0 aliphatic heterocycles. The third-order valence-corrected chi connectivity index (χ3v) is 4.40. The lowest BCUT2D eigenvalue weighted by Gasteiger charge is -2.17. The Balaban J connectivity index is 2.30. The Morgan fingerprint density at radius 3 is 2.65 bits per heavy atom. The molecule has 2 aromatic rings. The van der Waals surface area contributed by atoms with Gasteiger partial charge in [0.15, 0.2) is 0 Å². The molecule has 0 aliphatic rings. The molecule has 26 heavy (non-hydrogen) atoms. The third kappa shape index (κ3) is 4.85. The Bertz CT molecular complexity index is 795. The highest BCUT2D eigenvalue weighted by Crippen LogP contribution is 2.32. The summed E-state index contributed by atoms with van der Waals surface area (Å²) in [5.74, 6) is 0.808. The molecule has 0 atom stereocenters. The second-order valence-corrected chi connectivity index (χ2v) is 6.63. The number of anilines is 2. The van der Waals surface area contributed by atoms with Crippen LogP contribution in [0, 0.1) is 13.8 Å². The minimum atomic E-state index is -0.119. The van der Waals surface area contributed by atoms with Crippen LogP contribution < -0.4 is 10.1 Å². The van der Waals surface area contributed by atoms with E-state index in [-0.39, 0.29) is 5.91 Å². The summed E-state index contributed by atoms with van der Waals surface area (Å²) in [5.41, 5.74) is 2.67. The van der Waals surface area contributed by atoms with Crippen molar-refractivity contribution in [2.75, 3.05) is 26.0 Å². The molecular formula is C19H25ClN4O2. The first-order chi connectivity index (χ1) is 12.3. The number of aromatic nitrogens is 2. The summed E-state index contributed by atoms with van der Waals surface area (Å²) in [5, 5.41) is 3.75. The van der Waals surface area contributed by atoms with Gasteiger partial charge in [-0.2, -0.15) is 0 Å². The van der Waals surface area contributed by atoms with Gasteiger partial charge in [0, 0.05) is 30.4 Å². The number of carbonyl (C=O) groups is 1. The largest absolute Gasteiger partial charge is 0.495 e. The van der Waals surface area contributed by atoms with E-state index in [9.17, 15) is 4.79 Å². The summed E-state index contributed by atoms with van der Waals surface area (Å²) in [6.07, 6.45) is 1.99. The van der Waals surface area contributed by atoms with E-state index >= 15 is 0 Å². The summed E-state index contributed by atoms with van der Waals surface area (Å²) in [7, 11) is 3.36. The van der Waals surface area contributed by atoms with Gasteiger partial charge in [-0.05, 0) is 38.0 Å². The van der Waals surface area contributed by atoms with Crippen LogP contribution >= 0.6 is 11.6 Å². The predicted octanol–water partition coefficient (Wildman–Crippen LogP) is 4.37. The first-order valence-electron chi connectivity index (χ1n) is 8.58. The van der Waals surface area contributed by atoms with Gasteiger partial charge in [0.2, 0.25) is 5.95 Å². The number of hydrogen-bond acceptors (Lipinski definition) is 5. The van der Waals surface area contributed by atoms with Gasteiger partial charge in [-0.25, -0.2) is 9.97 Å². The van der Waals surface area contributed by atoms with Crippen LogP contribution in [0.4, 0.5) is 11.6 Å². The fourth-order valence-corrected chi connectivity index (χ4v) is 2.63. The quantitative estimate of drug-likeness (QED) is 0.777. The number of halogens is 1. The fourth-order valence-electron chi connectivity index (χ4n) is 2.48. The van der Waals surface area contributed by atoms with Crippen LogP contribution in [-0.2, 0) is 0 Å². The van der Waals surface area contributed by atoms with E-state index in [1.54, 1.807) is 31.2 Å². The molecule has 1 heterocycles. The highest BCUT2D eigenvalue weighted by Gasteiger charge is 2.16. The van der Waals surface area contributed by atoms with Crippen LogP contribution in [0.1, 0.15) is 41.5 Å². The molecule has 0 unspecified atom stereocenters. The van der Waals surface area contributed by atoms with E-state index in [1.165, 1.54) is 0 Å². The monoisotopic (exact) mass is 376 g/mol. The molecule has 0 saturated carbocycles. The molecule has 6 nitrogen and oxygen atoms in total. The van der Waals surface area contributed by atoms with Gasteiger partial charge in [0.1, 0.15) is 11.4 Å². The Kier molecular flexibility index (Phi) is 6.80. The number of methoxy groups -OCH3 is 1. The second kappa shape index (κ2) is 8.85. The molecule has 0 bridgehead atoms. The van der Waals surface area contributed by atoms with E-state index in [0.717, 1.165) is 18.4 Å². The fraction of sp³-hybridized carbons (Fsp3) is 0.421. The second-order valence-electron chi connectivity index (χ2n) is 6.23. The van der Waals surface area contributed by atoms with Crippen LogP contribution in [0.2, 0.25) is 5.02 Å². The summed E-state index contributed by atoms with van der Waals surface area (Å²) in [6, 6.07) is 5.29. The molecule has 0 aliphatic carbocycles. The van der Waals surface area contributed by atoms with Crippen molar-refractivity contribution in [1.82, 2.24) is 14.9 Å². The van der Waals surface area contributed by atoms with Crippen molar-refractivity contribution in [2.45, 2.75) is 33.6 Å². The highest BCUT2D eigenvalue weighted by molar-refractivity contribution is 6.31. The van der Waals surface area contributed by atoms with Crippen molar-refractivity contribution in [3.8, 4) is 5.75 Å². The SMILES string of the molecule is CCCCN(C)C(=O)c1cc(C)nc(Nc2cc(C)c(Cl)cc2OC)n1. The Labute approximate surface area is 159 Å². The number of nitrogens with zero attached hydrogens (tertiary/aromatic N) is 3. The number of rotatable bonds is 7. The van der Waals surface area contributed by atoms with Crippen molar-refractivity contribution < 1.29 is 9.53 Å². The molecule has 2 rings (SSSR count). The molecule has 7 heteroatoms. The van der Waals surface area contributed by atoms with Gasteiger partial charge in [-0.3, -0.25) is 4.79 Å². The number of ether oxygens (including phenoxy) is 1. The molecule has 0 saturated heterocycles. The smallest absolute Gasteiger partial charge is 0.272 e. The number of unbranched alkanes of at least 4 members (excludes halogenated alkanes) is 1. The topological polar surface area (TPSA) is 67.4 Å². The Morgan fingerprint density at radius 2 is 2.00 bits per heavy atom. The van der Waals surface area contributed by atoms with E-state index in [0.29, 0.717) is 40.3 Å². The molecule has 0 radical (unpaired) electrons. The maximum absolute atomic E-state index is 12.6. The van der Waals surface area contributed by atoms with E-state index in [4.69, 9.17) is 16.3 Å². The first-order valence-corrected chi connectivity index (χ1v) is 8.95. The predicted molar refractivity (Wildman–Crippen MR) is 105 cm³/mol. The average Bonchev–Trinajstić information content (AvgIpc) is 2.61. The molecule has 140 valence electrons. The molecule has 1 aromatic heterocycles. The third-order valence-electron chi connectivity index (χ3n) is 3.99. The van der Waals surface area contributed by atoms with Gasteiger partial charge in [-0.1, -0.05) is 24.9 Å². The lowest BCUT2D eigenvalue weighted by molar-refractivity contribution is 0.0787. The number of benzene rings is 1. The van der Waals surface area contributed by atoms with Gasteiger partial charge in [0.05, 0.1) is 12.8 Å². The highest BCUT2D eigenvalue weighted by atomic mass is 35.5.